The number of aliphatic imine (C=N–C) groups is 1. The van der Waals surface area contributed by atoms with Gasteiger partial charge in [0.25, 0.3) is 0 Å². The highest BCUT2D eigenvalue weighted by Gasteiger charge is 2.13. The lowest BCUT2D eigenvalue weighted by atomic mass is 10.2. The smallest absolute Gasteiger partial charge is 0.191 e. The summed E-state index contributed by atoms with van der Waals surface area (Å²) in [6.07, 6.45) is 4.43. The Bertz CT molecular complexity index is 573. The van der Waals surface area contributed by atoms with E-state index in [1.165, 1.54) is 18.4 Å². The number of nitrogens with one attached hydrogen (secondary N) is 2. The van der Waals surface area contributed by atoms with Crippen LogP contribution in [0.25, 0.3) is 0 Å². The number of anilines is 1. The van der Waals surface area contributed by atoms with Gasteiger partial charge in [-0.1, -0.05) is 0 Å². The summed E-state index contributed by atoms with van der Waals surface area (Å²) in [5, 5.41) is 6.77. The number of guanidine groups is 1. The van der Waals surface area contributed by atoms with Crippen LogP contribution in [0.15, 0.2) is 23.3 Å². The van der Waals surface area contributed by atoms with Gasteiger partial charge in [0.15, 0.2) is 5.96 Å². The van der Waals surface area contributed by atoms with Crippen molar-refractivity contribution in [2.24, 2.45) is 4.99 Å². The summed E-state index contributed by atoms with van der Waals surface area (Å²) >= 11 is 0. The number of ether oxygens (including phenoxy) is 1. The van der Waals surface area contributed by atoms with E-state index in [0.29, 0.717) is 6.54 Å². The van der Waals surface area contributed by atoms with Crippen LogP contribution in [0.2, 0.25) is 0 Å². The third-order valence-corrected chi connectivity index (χ3v) is 4.83. The summed E-state index contributed by atoms with van der Waals surface area (Å²) in [6, 6.07) is 4.23. The Hall–Kier alpha value is -1.13. The summed E-state index contributed by atoms with van der Waals surface area (Å²) in [5.74, 6) is 1.96. The zero-order chi connectivity index (χ0) is 18.0. The highest BCUT2D eigenvalue weighted by Crippen LogP contribution is 2.18. The fourth-order valence-corrected chi connectivity index (χ4v) is 3.35. The summed E-state index contributed by atoms with van der Waals surface area (Å²) < 4.78 is 5.39. The molecule has 0 aliphatic carbocycles. The third-order valence-electron chi connectivity index (χ3n) is 4.83. The Morgan fingerprint density at radius 3 is 2.70 bits per heavy atom. The predicted molar refractivity (Wildman–Crippen MR) is 121 cm³/mol. The molecule has 0 amide bonds. The van der Waals surface area contributed by atoms with Crippen LogP contribution in [0.1, 0.15) is 25.3 Å². The largest absolute Gasteiger partial charge is 0.379 e. The fourth-order valence-electron chi connectivity index (χ4n) is 3.35. The van der Waals surface area contributed by atoms with Crippen LogP contribution in [0.3, 0.4) is 0 Å². The van der Waals surface area contributed by atoms with Crippen molar-refractivity contribution in [2.45, 2.75) is 26.3 Å². The molecule has 0 saturated carbocycles. The predicted octanol–water partition coefficient (Wildman–Crippen LogP) is 1.69. The van der Waals surface area contributed by atoms with Crippen molar-refractivity contribution >= 4 is 35.8 Å². The molecule has 0 atom stereocenters. The Morgan fingerprint density at radius 2 is 1.96 bits per heavy atom. The van der Waals surface area contributed by atoms with Gasteiger partial charge in [0, 0.05) is 52.0 Å². The molecular formula is C19H33IN6O. The van der Waals surface area contributed by atoms with Gasteiger partial charge in [-0.05, 0) is 37.5 Å². The maximum Gasteiger partial charge on any atom is 0.191 e. The zero-order valence-corrected chi connectivity index (χ0v) is 18.7. The Balaban J connectivity index is 0.00000261. The minimum Gasteiger partial charge on any atom is -0.379 e. The molecule has 0 radical (unpaired) electrons. The summed E-state index contributed by atoms with van der Waals surface area (Å²) in [4.78, 5) is 14.0. The molecule has 1 aromatic heterocycles. The van der Waals surface area contributed by atoms with Crippen molar-refractivity contribution in [3.05, 3.63) is 23.9 Å². The maximum atomic E-state index is 5.39. The first-order valence-electron chi connectivity index (χ1n) is 9.87. The minimum absolute atomic E-state index is 0. The Morgan fingerprint density at radius 1 is 1.19 bits per heavy atom. The van der Waals surface area contributed by atoms with Crippen LogP contribution in [-0.4, -0.2) is 74.9 Å². The number of aromatic nitrogens is 1. The van der Waals surface area contributed by atoms with Gasteiger partial charge in [-0.25, -0.2) is 9.98 Å². The van der Waals surface area contributed by atoms with Crippen molar-refractivity contribution in [3.8, 4) is 0 Å². The second-order valence-corrected chi connectivity index (χ2v) is 6.79. The van der Waals surface area contributed by atoms with Gasteiger partial charge in [0.2, 0.25) is 0 Å². The lowest BCUT2D eigenvalue weighted by Crippen LogP contribution is -2.44. The summed E-state index contributed by atoms with van der Waals surface area (Å²) in [7, 11) is 0. The van der Waals surface area contributed by atoms with Crippen molar-refractivity contribution in [2.75, 3.05) is 63.9 Å². The molecule has 3 heterocycles. The monoisotopic (exact) mass is 488 g/mol. The molecule has 2 saturated heterocycles. The number of nitrogens with zero attached hydrogens (tertiary/aromatic N) is 4. The molecule has 2 fully saturated rings. The molecule has 0 unspecified atom stereocenters. The molecular weight excluding hydrogens is 455 g/mol. The highest BCUT2D eigenvalue weighted by atomic mass is 127. The molecule has 2 N–H and O–H groups in total. The average molecular weight is 488 g/mol. The first kappa shape index (κ1) is 22.2. The summed E-state index contributed by atoms with van der Waals surface area (Å²) in [6.45, 7) is 11.5. The van der Waals surface area contributed by atoms with Gasteiger partial charge < -0.3 is 20.3 Å². The van der Waals surface area contributed by atoms with Crippen LogP contribution < -0.4 is 15.5 Å². The third kappa shape index (κ3) is 7.42. The first-order chi connectivity index (χ1) is 12.8. The highest BCUT2D eigenvalue weighted by molar-refractivity contribution is 14.0. The molecule has 3 rings (SSSR count). The van der Waals surface area contributed by atoms with Gasteiger partial charge >= 0.3 is 0 Å². The molecule has 1 aromatic rings. The van der Waals surface area contributed by atoms with E-state index in [4.69, 9.17) is 9.73 Å². The molecule has 0 bridgehead atoms. The minimum atomic E-state index is 0. The SMILES string of the molecule is CCNC(=NCc1ccnc(N2CCCC2)c1)NCCN1CCOCC1.I. The van der Waals surface area contributed by atoms with E-state index in [9.17, 15) is 0 Å². The molecule has 27 heavy (non-hydrogen) atoms. The van der Waals surface area contributed by atoms with Gasteiger partial charge in [-0.2, -0.15) is 0 Å². The molecule has 152 valence electrons. The van der Waals surface area contributed by atoms with Gasteiger partial charge in [0.05, 0.1) is 19.8 Å². The zero-order valence-electron chi connectivity index (χ0n) is 16.3. The molecule has 2 aliphatic heterocycles. The average Bonchev–Trinajstić information content (AvgIpc) is 3.22. The lowest BCUT2D eigenvalue weighted by Gasteiger charge is -2.26. The van der Waals surface area contributed by atoms with Gasteiger partial charge in [-0.3, -0.25) is 4.90 Å². The topological polar surface area (TPSA) is 65.0 Å². The quantitative estimate of drug-likeness (QED) is 0.346. The van der Waals surface area contributed by atoms with Crippen LogP contribution in [0, 0.1) is 0 Å². The number of pyridine rings is 1. The van der Waals surface area contributed by atoms with Crippen molar-refractivity contribution in [1.29, 1.82) is 0 Å². The van der Waals surface area contributed by atoms with Gasteiger partial charge in [-0.15, -0.1) is 24.0 Å². The number of hydrogen-bond acceptors (Lipinski definition) is 5. The number of halogens is 1. The van der Waals surface area contributed by atoms with E-state index >= 15 is 0 Å². The van der Waals surface area contributed by atoms with Crippen molar-refractivity contribution in [3.63, 3.8) is 0 Å². The fraction of sp³-hybridized carbons (Fsp3) is 0.684. The summed E-state index contributed by atoms with van der Waals surface area (Å²) in [5.41, 5.74) is 1.20. The lowest BCUT2D eigenvalue weighted by molar-refractivity contribution is 0.0389. The van der Waals surface area contributed by atoms with E-state index in [2.05, 4.69) is 44.5 Å². The number of rotatable bonds is 7. The second kappa shape index (κ2) is 12.4. The van der Waals surface area contributed by atoms with E-state index in [1.807, 2.05) is 6.20 Å². The Labute approximate surface area is 180 Å². The number of hydrogen-bond donors (Lipinski definition) is 2. The van der Waals surface area contributed by atoms with Crippen LogP contribution in [0.4, 0.5) is 5.82 Å². The van der Waals surface area contributed by atoms with E-state index < -0.39 is 0 Å². The van der Waals surface area contributed by atoms with Crippen LogP contribution >= 0.6 is 24.0 Å². The molecule has 7 nitrogen and oxygen atoms in total. The maximum absolute atomic E-state index is 5.39. The first-order valence-corrected chi connectivity index (χ1v) is 9.87. The molecule has 8 heteroatoms. The van der Waals surface area contributed by atoms with E-state index in [1.54, 1.807) is 0 Å². The molecule has 2 aliphatic rings. The molecule has 0 spiro atoms. The normalized spacial score (nSPS) is 18.3. The van der Waals surface area contributed by atoms with Gasteiger partial charge in [0.1, 0.15) is 5.82 Å². The van der Waals surface area contributed by atoms with Crippen molar-refractivity contribution < 1.29 is 4.74 Å². The van der Waals surface area contributed by atoms with Crippen LogP contribution in [0.5, 0.6) is 0 Å². The molecule has 0 aromatic carbocycles. The van der Waals surface area contributed by atoms with Crippen molar-refractivity contribution in [1.82, 2.24) is 20.5 Å². The standard InChI is InChI=1S/C19H32N6O.HI/c1-2-20-19(22-7-10-24-11-13-26-14-12-24)23-16-17-5-6-21-18(15-17)25-8-3-4-9-25;/h5-6,15H,2-4,7-14,16H2,1H3,(H2,20,22,23);1H. The van der Waals surface area contributed by atoms with E-state index in [0.717, 1.165) is 70.8 Å². The van der Waals surface area contributed by atoms with E-state index in [-0.39, 0.29) is 24.0 Å². The second-order valence-electron chi connectivity index (χ2n) is 6.79. The van der Waals surface area contributed by atoms with Crippen LogP contribution in [-0.2, 0) is 11.3 Å². The number of morpholine rings is 1. The Kier molecular flexibility index (Phi) is 10.1.